The van der Waals surface area contributed by atoms with Gasteiger partial charge in [0.05, 0.1) is 10.6 Å². The van der Waals surface area contributed by atoms with Gasteiger partial charge in [-0.15, -0.1) is 0 Å². The summed E-state index contributed by atoms with van der Waals surface area (Å²) in [5.41, 5.74) is -0.0879. The molecule has 11 heteroatoms. The van der Waals surface area contributed by atoms with Crippen molar-refractivity contribution < 1.29 is 31.1 Å². The molecule has 0 spiro atoms. The highest BCUT2D eigenvalue weighted by molar-refractivity contribution is 7.92. The second-order valence-electron chi connectivity index (χ2n) is 6.54. The SMILES string of the molecule is Cc1cc(C(F)(F)F)nn1-c1ccc(NS(=O)(=O)c2ccc3c(c2)OCCO3)cc1. The summed E-state index contributed by atoms with van der Waals surface area (Å²) in [4.78, 5) is -0.00596. The van der Waals surface area contributed by atoms with E-state index in [1.807, 2.05) is 0 Å². The Morgan fingerprint density at radius 3 is 2.30 bits per heavy atom. The van der Waals surface area contributed by atoms with E-state index in [4.69, 9.17) is 9.47 Å². The first-order valence-electron chi connectivity index (χ1n) is 8.80. The largest absolute Gasteiger partial charge is 0.486 e. The molecule has 0 amide bonds. The lowest BCUT2D eigenvalue weighted by Crippen LogP contribution is -2.17. The van der Waals surface area contributed by atoms with E-state index < -0.39 is 21.9 Å². The van der Waals surface area contributed by atoms with Gasteiger partial charge in [-0.05, 0) is 49.4 Å². The smallest absolute Gasteiger partial charge is 0.435 e. The number of rotatable bonds is 4. The molecule has 0 bridgehead atoms. The number of hydrogen-bond acceptors (Lipinski definition) is 5. The Morgan fingerprint density at radius 1 is 1.00 bits per heavy atom. The van der Waals surface area contributed by atoms with Crippen molar-refractivity contribution in [2.75, 3.05) is 17.9 Å². The van der Waals surface area contributed by atoms with Crippen LogP contribution < -0.4 is 14.2 Å². The molecule has 30 heavy (non-hydrogen) atoms. The molecular formula is C19H16F3N3O4S. The fraction of sp³-hybridized carbons (Fsp3) is 0.211. The number of anilines is 1. The number of nitrogens with zero attached hydrogens (tertiary/aromatic N) is 2. The predicted octanol–water partition coefficient (Wildman–Crippen LogP) is 3.77. The third kappa shape index (κ3) is 3.92. The fourth-order valence-electron chi connectivity index (χ4n) is 2.95. The topological polar surface area (TPSA) is 82.5 Å². The van der Waals surface area contributed by atoms with E-state index in [0.717, 1.165) is 10.7 Å². The number of nitrogens with one attached hydrogen (secondary N) is 1. The Morgan fingerprint density at radius 2 is 1.67 bits per heavy atom. The maximum atomic E-state index is 12.8. The van der Waals surface area contributed by atoms with Crippen molar-refractivity contribution >= 4 is 15.7 Å². The van der Waals surface area contributed by atoms with Crippen LogP contribution in [0.1, 0.15) is 11.4 Å². The lowest BCUT2D eigenvalue weighted by atomic mass is 10.3. The monoisotopic (exact) mass is 439 g/mol. The van der Waals surface area contributed by atoms with E-state index in [0.29, 0.717) is 36.1 Å². The predicted molar refractivity (Wildman–Crippen MR) is 102 cm³/mol. The number of ether oxygens (including phenoxy) is 2. The maximum absolute atomic E-state index is 12.8. The molecule has 0 saturated carbocycles. The molecule has 0 saturated heterocycles. The van der Waals surface area contributed by atoms with Gasteiger partial charge in [0.2, 0.25) is 0 Å². The first kappa shape index (κ1) is 20.1. The summed E-state index contributed by atoms with van der Waals surface area (Å²) in [6, 6.07) is 11.1. The Balaban J connectivity index is 1.56. The average Bonchev–Trinajstić information content (AvgIpc) is 3.10. The summed E-state index contributed by atoms with van der Waals surface area (Å²) in [5, 5.41) is 3.57. The molecule has 2 heterocycles. The van der Waals surface area contributed by atoms with Gasteiger partial charge in [0, 0.05) is 17.4 Å². The van der Waals surface area contributed by atoms with Gasteiger partial charge in [-0.2, -0.15) is 18.3 Å². The minimum atomic E-state index is -4.55. The molecule has 0 fully saturated rings. The summed E-state index contributed by atoms with van der Waals surface area (Å²) in [7, 11) is -3.90. The zero-order valence-electron chi connectivity index (χ0n) is 15.6. The van der Waals surface area contributed by atoms with Crippen LogP contribution in [0.3, 0.4) is 0 Å². The molecular weight excluding hydrogens is 423 g/mol. The van der Waals surface area contributed by atoms with Crippen molar-refractivity contribution in [2.45, 2.75) is 18.0 Å². The summed E-state index contributed by atoms with van der Waals surface area (Å²) >= 11 is 0. The Bertz CT molecular complexity index is 1190. The maximum Gasteiger partial charge on any atom is 0.435 e. The number of halogens is 3. The van der Waals surface area contributed by atoms with Crippen LogP contribution in [0.25, 0.3) is 5.69 Å². The van der Waals surface area contributed by atoms with Crippen LogP contribution in [0.5, 0.6) is 11.5 Å². The summed E-state index contributed by atoms with van der Waals surface area (Å²) in [6.45, 7) is 2.22. The van der Waals surface area contributed by atoms with E-state index >= 15 is 0 Å². The van der Waals surface area contributed by atoms with Crippen LogP contribution in [0.15, 0.2) is 53.4 Å². The second kappa shape index (κ2) is 7.24. The van der Waals surface area contributed by atoms with Gasteiger partial charge in [-0.1, -0.05) is 0 Å². The van der Waals surface area contributed by atoms with E-state index in [9.17, 15) is 21.6 Å². The Hall–Kier alpha value is -3.21. The zero-order chi connectivity index (χ0) is 21.5. The third-order valence-corrected chi connectivity index (χ3v) is 5.74. The standard InChI is InChI=1S/C19H16F3N3O4S/c1-12-10-18(19(20,21)22)23-25(12)14-4-2-13(3-5-14)24-30(26,27)15-6-7-16-17(11-15)29-9-8-28-16/h2-7,10-11,24H,8-9H2,1H3. The van der Waals surface area contributed by atoms with Crippen molar-refractivity contribution in [3.8, 4) is 17.2 Å². The van der Waals surface area contributed by atoms with Crippen molar-refractivity contribution in [1.82, 2.24) is 9.78 Å². The molecule has 1 aromatic heterocycles. The number of fused-ring (bicyclic) bond motifs is 1. The van der Waals surface area contributed by atoms with Gasteiger partial charge in [-0.25, -0.2) is 13.1 Å². The van der Waals surface area contributed by atoms with Crippen molar-refractivity contribution in [2.24, 2.45) is 0 Å². The fourth-order valence-corrected chi connectivity index (χ4v) is 4.02. The average molecular weight is 439 g/mol. The van der Waals surface area contributed by atoms with Crippen molar-refractivity contribution in [3.63, 3.8) is 0 Å². The van der Waals surface area contributed by atoms with Gasteiger partial charge < -0.3 is 9.47 Å². The van der Waals surface area contributed by atoms with Crippen LogP contribution in [0, 0.1) is 6.92 Å². The summed E-state index contributed by atoms with van der Waals surface area (Å²) in [6.07, 6.45) is -4.55. The van der Waals surface area contributed by atoms with Gasteiger partial charge in [0.1, 0.15) is 13.2 Å². The third-order valence-electron chi connectivity index (χ3n) is 4.37. The molecule has 4 rings (SSSR count). The summed E-state index contributed by atoms with van der Waals surface area (Å²) < 4.78 is 78.2. The van der Waals surface area contributed by atoms with Crippen molar-refractivity contribution in [3.05, 3.63) is 59.9 Å². The summed E-state index contributed by atoms with van der Waals surface area (Å²) in [5.74, 6) is 0.812. The molecule has 1 aliphatic heterocycles. The van der Waals surface area contributed by atoms with Crippen LogP contribution >= 0.6 is 0 Å². The number of hydrogen-bond donors (Lipinski definition) is 1. The Labute approximate surface area is 170 Å². The lowest BCUT2D eigenvalue weighted by molar-refractivity contribution is -0.141. The van der Waals surface area contributed by atoms with Gasteiger partial charge in [-0.3, -0.25) is 4.72 Å². The molecule has 2 aromatic carbocycles. The van der Waals surface area contributed by atoms with Crippen molar-refractivity contribution in [1.29, 1.82) is 0 Å². The van der Waals surface area contributed by atoms with E-state index in [1.54, 1.807) is 0 Å². The van der Waals surface area contributed by atoms with E-state index in [-0.39, 0.29) is 10.6 Å². The molecule has 158 valence electrons. The van der Waals surface area contributed by atoms with Crippen LogP contribution in [0.4, 0.5) is 18.9 Å². The number of sulfonamides is 1. The molecule has 0 atom stereocenters. The number of alkyl halides is 3. The van der Waals surface area contributed by atoms with Gasteiger partial charge in [0.25, 0.3) is 10.0 Å². The highest BCUT2D eigenvalue weighted by Gasteiger charge is 2.34. The molecule has 0 radical (unpaired) electrons. The lowest BCUT2D eigenvalue weighted by Gasteiger charge is -2.19. The number of aromatic nitrogens is 2. The highest BCUT2D eigenvalue weighted by atomic mass is 32.2. The first-order chi connectivity index (χ1) is 14.1. The normalized spacial score (nSPS) is 13.9. The Kier molecular flexibility index (Phi) is 4.85. The quantitative estimate of drug-likeness (QED) is 0.669. The second-order valence-corrected chi connectivity index (χ2v) is 8.22. The highest BCUT2D eigenvalue weighted by Crippen LogP contribution is 2.33. The van der Waals surface area contributed by atoms with Crippen LogP contribution in [0.2, 0.25) is 0 Å². The number of benzene rings is 2. The number of aryl methyl sites for hydroxylation is 1. The molecule has 3 aromatic rings. The molecule has 0 aliphatic carbocycles. The molecule has 7 nitrogen and oxygen atoms in total. The minimum Gasteiger partial charge on any atom is -0.486 e. The van der Waals surface area contributed by atoms with E-state index in [2.05, 4.69) is 9.82 Å². The molecule has 1 aliphatic rings. The van der Waals surface area contributed by atoms with Crippen LogP contribution in [-0.2, 0) is 16.2 Å². The minimum absolute atomic E-state index is 0.00596. The first-order valence-corrected chi connectivity index (χ1v) is 10.3. The van der Waals surface area contributed by atoms with Gasteiger partial charge in [0.15, 0.2) is 17.2 Å². The molecule has 1 N–H and O–H groups in total. The zero-order valence-corrected chi connectivity index (χ0v) is 16.4. The van der Waals surface area contributed by atoms with Gasteiger partial charge >= 0.3 is 6.18 Å². The molecule has 0 unspecified atom stereocenters. The van der Waals surface area contributed by atoms with E-state index in [1.165, 1.54) is 49.4 Å². The van der Waals surface area contributed by atoms with Crippen LogP contribution in [-0.4, -0.2) is 31.4 Å².